The number of halogens is 3. The van der Waals surface area contributed by atoms with Crippen molar-refractivity contribution in [2.75, 3.05) is 5.32 Å². The average Bonchev–Trinajstić information content (AvgIpc) is 3.26. The number of benzene rings is 2. The van der Waals surface area contributed by atoms with Gasteiger partial charge >= 0.3 is 6.18 Å². The predicted molar refractivity (Wildman–Crippen MR) is 102 cm³/mol. The standard InChI is InChI=1S/C21H18F3N3O2/c1-13-16(10-11-29-13)20(28)25-19-17-4-2-3-5-18(17)27(26-19)12-14-6-8-15(9-7-14)21(22,23)24/h2-11,13,16H,12H2,1H3,(H,25,26,28). The molecule has 1 N–H and O–H groups in total. The fraction of sp³-hybridized carbons (Fsp3) is 0.238. The first-order valence-corrected chi connectivity index (χ1v) is 9.07. The lowest BCUT2D eigenvalue weighted by atomic mass is 10.0. The number of nitrogens with zero attached hydrogens (tertiary/aromatic N) is 2. The Morgan fingerprint density at radius 1 is 1.17 bits per heavy atom. The predicted octanol–water partition coefficient (Wildman–Crippen LogP) is 4.59. The van der Waals surface area contributed by atoms with E-state index in [4.69, 9.17) is 4.74 Å². The van der Waals surface area contributed by atoms with Gasteiger partial charge < -0.3 is 10.1 Å². The van der Waals surface area contributed by atoms with Crippen molar-refractivity contribution in [1.82, 2.24) is 9.78 Å². The van der Waals surface area contributed by atoms with Crippen molar-refractivity contribution in [1.29, 1.82) is 0 Å². The average molecular weight is 401 g/mol. The Kier molecular flexibility index (Phi) is 4.77. The summed E-state index contributed by atoms with van der Waals surface area (Å²) in [6.45, 7) is 2.09. The molecular weight excluding hydrogens is 383 g/mol. The number of hydrogen-bond acceptors (Lipinski definition) is 3. The SMILES string of the molecule is CC1OC=CC1C(=O)Nc1nn(Cc2ccc(C(F)(F)F)cc2)c2ccccc12. The third-order valence-corrected chi connectivity index (χ3v) is 4.90. The lowest BCUT2D eigenvalue weighted by Gasteiger charge is -2.13. The summed E-state index contributed by atoms with van der Waals surface area (Å²) in [6, 6.07) is 12.3. The van der Waals surface area contributed by atoms with E-state index in [1.807, 2.05) is 31.2 Å². The van der Waals surface area contributed by atoms with Crippen molar-refractivity contribution in [3.63, 3.8) is 0 Å². The number of amides is 1. The molecule has 2 unspecified atom stereocenters. The maximum absolute atomic E-state index is 12.8. The van der Waals surface area contributed by atoms with Gasteiger partial charge in [-0.2, -0.15) is 18.3 Å². The molecule has 1 aliphatic rings. The minimum absolute atomic E-state index is 0.226. The molecule has 2 heterocycles. The van der Waals surface area contributed by atoms with Gasteiger partial charge in [0.25, 0.3) is 0 Å². The van der Waals surface area contributed by atoms with Crippen LogP contribution >= 0.6 is 0 Å². The molecule has 5 nitrogen and oxygen atoms in total. The van der Waals surface area contributed by atoms with Crippen LogP contribution in [0.3, 0.4) is 0 Å². The van der Waals surface area contributed by atoms with Crippen molar-refractivity contribution in [3.05, 3.63) is 72.0 Å². The summed E-state index contributed by atoms with van der Waals surface area (Å²) < 4.78 is 45.2. The number of ether oxygens (including phenoxy) is 1. The zero-order valence-electron chi connectivity index (χ0n) is 15.5. The van der Waals surface area contributed by atoms with Gasteiger partial charge in [0.05, 0.1) is 29.8 Å². The Morgan fingerprint density at radius 3 is 2.55 bits per heavy atom. The molecule has 2 aromatic carbocycles. The van der Waals surface area contributed by atoms with Gasteiger partial charge in [-0.1, -0.05) is 24.3 Å². The van der Waals surface area contributed by atoms with E-state index < -0.39 is 17.7 Å². The number of anilines is 1. The highest BCUT2D eigenvalue weighted by Crippen LogP contribution is 2.30. The lowest BCUT2D eigenvalue weighted by Crippen LogP contribution is -2.28. The van der Waals surface area contributed by atoms with Gasteiger partial charge in [0, 0.05) is 5.39 Å². The molecule has 0 aliphatic carbocycles. The topological polar surface area (TPSA) is 56.1 Å². The molecular formula is C21H18F3N3O2. The van der Waals surface area contributed by atoms with Gasteiger partial charge in [0.15, 0.2) is 5.82 Å². The van der Waals surface area contributed by atoms with Crippen LogP contribution in [-0.2, 0) is 22.3 Å². The van der Waals surface area contributed by atoms with Crippen molar-refractivity contribution in [2.45, 2.75) is 25.7 Å². The maximum atomic E-state index is 12.8. The molecule has 0 spiro atoms. The first-order chi connectivity index (χ1) is 13.8. The fourth-order valence-electron chi connectivity index (χ4n) is 3.31. The van der Waals surface area contributed by atoms with E-state index in [1.54, 1.807) is 10.8 Å². The zero-order chi connectivity index (χ0) is 20.6. The van der Waals surface area contributed by atoms with Crippen LogP contribution in [0.15, 0.2) is 60.9 Å². The molecule has 29 heavy (non-hydrogen) atoms. The van der Waals surface area contributed by atoms with Crippen LogP contribution in [0.1, 0.15) is 18.1 Å². The van der Waals surface area contributed by atoms with E-state index in [2.05, 4.69) is 10.4 Å². The number of carbonyl (C=O) groups is 1. The normalized spacial score (nSPS) is 18.8. The fourth-order valence-corrected chi connectivity index (χ4v) is 3.31. The summed E-state index contributed by atoms with van der Waals surface area (Å²) in [5.74, 6) is -0.227. The Morgan fingerprint density at radius 2 is 1.90 bits per heavy atom. The van der Waals surface area contributed by atoms with Crippen LogP contribution in [0.25, 0.3) is 10.9 Å². The van der Waals surface area contributed by atoms with Crippen LogP contribution in [0, 0.1) is 5.92 Å². The Bertz CT molecular complexity index is 1070. The smallest absolute Gasteiger partial charge is 0.416 e. The number of hydrogen-bond donors (Lipinski definition) is 1. The van der Waals surface area contributed by atoms with Crippen molar-refractivity contribution >= 4 is 22.6 Å². The van der Waals surface area contributed by atoms with Crippen molar-refractivity contribution in [3.8, 4) is 0 Å². The molecule has 3 aromatic rings. The largest absolute Gasteiger partial charge is 0.497 e. The summed E-state index contributed by atoms with van der Waals surface area (Å²) in [6.07, 6.45) is -1.42. The van der Waals surface area contributed by atoms with E-state index in [-0.39, 0.29) is 18.6 Å². The monoisotopic (exact) mass is 401 g/mol. The van der Waals surface area contributed by atoms with Gasteiger partial charge in [0.2, 0.25) is 5.91 Å². The Balaban J connectivity index is 1.60. The van der Waals surface area contributed by atoms with E-state index in [9.17, 15) is 18.0 Å². The molecule has 0 saturated carbocycles. The number of rotatable bonds is 4. The van der Waals surface area contributed by atoms with Crippen LogP contribution in [-0.4, -0.2) is 21.8 Å². The van der Waals surface area contributed by atoms with Crippen LogP contribution < -0.4 is 5.32 Å². The van der Waals surface area contributed by atoms with Crippen LogP contribution in [0.5, 0.6) is 0 Å². The second kappa shape index (κ2) is 7.27. The summed E-state index contributed by atoms with van der Waals surface area (Å²) in [4.78, 5) is 12.6. The summed E-state index contributed by atoms with van der Waals surface area (Å²) >= 11 is 0. The quantitative estimate of drug-likeness (QED) is 0.696. The van der Waals surface area contributed by atoms with Crippen LogP contribution in [0.2, 0.25) is 0 Å². The molecule has 1 aliphatic heterocycles. The number of para-hydroxylation sites is 1. The first-order valence-electron chi connectivity index (χ1n) is 9.07. The van der Waals surface area contributed by atoms with Crippen molar-refractivity contribution < 1.29 is 22.7 Å². The van der Waals surface area contributed by atoms with Gasteiger partial charge in [-0.15, -0.1) is 0 Å². The molecule has 4 rings (SSSR count). The van der Waals surface area contributed by atoms with E-state index >= 15 is 0 Å². The van der Waals surface area contributed by atoms with E-state index in [0.29, 0.717) is 11.4 Å². The summed E-state index contributed by atoms with van der Waals surface area (Å²) in [7, 11) is 0. The minimum Gasteiger partial charge on any atom is -0.497 e. The molecule has 0 radical (unpaired) electrons. The highest BCUT2D eigenvalue weighted by atomic mass is 19.4. The highest BCUT2D eigenvalue weighted by Gasteiger charge is 2.30. The third-order valence-electron chi connectivity index (χ3n) is 4.90. The zero-order valence-corrected chi connectivity index (χ0v) is 15.5. The molecule has 1 amide bonds. The number of fused-ring (bicyclic) bond motifs is 1. The second-order valence-corrected chi connectivity index (χ2v) is 6.90. The van der Waals surface area contributed by atoms with Gasteiger partial charge in [-0.3, -0.25) is 9.48 Å². The number of aromatic nitrogens is 2. The highest BCUT2D eigenvalue weighted by molar-refractivity contribution is 6.01. The molecule has 1 aromatic heterocycles. The third kappa shape index (κ3) is 3.83. The van der Waals surface area contributed by atoms with Gasteiger partial charge in [-0.25, -0.2) is 0 Å². The van der Waals surface area contributed by atoms with Crippen LogP contribution in [0.4, 0.5) is 19.0 Å². The van der Waals surface area contributed by atoms with Gasteiger partial charge in [0.1, 0.15) is 6.10 Å². The Labute approximate surface area is 164 Å². The maximum Gasteiger partial charge on any atom is 0.416 e. The number of carbonyl (C=O) groups excluding carboxylic acids is 1. The van der Waals surface area contributed by atoms with Gasteiger partial charge in [-0.05, 0) is 42.8 Å². The lowest BCUT2D eigenvalue weighted by molar-refractivity contribution is -0.137. The first kappa shape index (κ1) is 19.0. The molecule has 0 fully saturated rings. The van der Waals surface area contributed by atoms with E-state index in [1.165, 1.54) is 18.4 Å². The molecule has 150 valence electrons. The number of nitrogens with one attached hydrogen (secondary N) is 1. The van der Waals surface area contributed by atoms with Crippen molar-refractivity contribution in [2.24, 2.45) is 5.92 Å². The summed E-state index contributed by atoms with van der Waals surface area (Å²) in [5.41, 5.74) is 0.749. The second-order valence-electron chi connectivity index (χ2n) is 6.90. The molecule has 8 heteroatoms. The van der Waals surface area contributed by atoms with E-state index in [0.717, 1.165) is 23.0 Å². The number of alkyl halides is 3. The summed E-state index contributed by atoms with van der Waals surface area (Å²) in [5, 5.41) is 8.08. The minimum atomic E-state index is -4.37. The molecule has 0 saturated heterocycles. The Hall–Kier alpha value is -3.29. The molecule has 2 atom stereocenters. The molecule has 0 bridgehead atoms.